The van der Waals surface area contributed by atoms with Crippen molar-refractivity contribution in [2.45, 2.75) is 44.0 Å². The highest BCUT2D eigenvalue weighted by Gasteiger charge is 2.11. The van der Waals surface area contributed by atoms with Gasteiger partial charge >= 0.3 is 0 Å². The smallest absolute Gasteiger partial charge is 0.175 e. The maximum Gasteiger partial charge on any atom is 0.175 e. The van der Waals surface area contributed by atoms with Gasteiger partial charge in [-0.15, -0.1) is 0 Å². The van der Waals surface area contributed by atoms with Crippen LogP contribution >= 0.6 is 0 Å². The average molecular weight is 269 g/mol. The third-order valence-electron chi connectivity index (χ3n) is 3.01. The largest absolute Gasteiger partial charge is 0.324 e. The molecule has 1 aromatic rings. The number of sulfone groups is 1. The molecular formula is C14H23NO2S. The SMILES string of the molecule is CC(C)CCCC(N)c1cccc(S(C)(=O)=O)c1. The van der Waals surface area contributed by atoms with Gasteiger partial charge in [-0.2, -0.15) is 0 Å². The first kappa shape index (κ1) is 15.2. The minimum absolute atomic E-state index is 0.0783. The van der Waals surface area contributed by atoms with Crippen molar-refractivity contribution >= 4 is 9.84 Å². The zero-order chi connectivity index (χ0) is 13.8. The molecule has 0 amide bonds. The van der Waals surface area contributed by atoms with E-state index in [1.807, 2.05) is 6.07 Å². The van der Waals surface area contributed by atoms with Crippen LogP contribution in [0.25, 0.3) is 0 Å². The molecule has 1 aromatic carbocycles. The van der Waals surface area contributed by atoms with Crippen LogP contribution in [-0.2, 0) is 9.84 Å². The summed E-state index contributed by atoms with van der Waals surface area (Å²) in [7, 11) is -3.15. The molecule has 2 N–H and O–H groups in total. The highest BCUT2D eigenvalue weighted by molar-refractivity contribution is 7.90. The number of nitrogens with two attached hydrogens (primary N) is 1. The van der Waals surface area contributed by atoms with Crippen molar-refractivity contribution in [1.29, 1.82) is 0 Å². The van der Waals surface area contributed by atoms with Gasteiger partial charge in [-0.25, -0.2) is 8.42 Å². The van der Waals surface area contributed by atoms with Gasteiger partial charge in [0.05, 0.1) is 4.90 Å². The summed E-state index contributed by atoms with van der Waals surface area (Å²) in [5.74, 6) is 0.680. The molecule has 0 bridgehead atoms. The monoisotopic (exact) mass is 269 g/mol. The fourth-order valence-corrected chi connectivity index (χ4v) is 2.56. The molecule has 0 radical (unpaired) electrons. The lowest BCUT2D eigenvalue weighted by atomic mass is 9.99. The number of hydrogen-bond donors (Lipinski definition) is 1. The zero-order valence-corrected chi connectivity index (χ0v) is 12.2. The molecule has 0 spiro atoms. The van der Waals surface area contributed by atoms with E-state index >= 15 is 0 Å². The average Bonchev–Trinajstić information content (AvgIpc) is 2.27. The maximum absolute atomic E-state index is 11.5. The second-order valence-corrected chi connectivity index (χ2v) is 7.29. The van der Waals surface area contributed by atoms with E-state index in [9.17, 15) is 8.42 Å². The van der Waals surface area contributed by atoms with Crippen LogP contribution in [-0.4, -0.2) is 14.7 Å². The second-order valence-electron chi connectivity index (χ2n) is 5.28. The molecule has 102 valence electrons. The minimum Gasteiger partial charge on any atom is -0.324 e. The molecule has 0 saturated heterocycles. The normalized spacial score (nSPS) is 13.8. The highest BCUT2D eigenvalue weighted by atomic mass is 32.2. The topological polar surface area (TPSA) is 60.2 Å². The summed E-state index contributed by atoms with van der Waals surface area (Å²) in [6.07, 6.45) is 4.34. The Balaban J connectivity index is 2.72. The van der Waals surface area contributed by atoms with Gasteiger partial charge in [-0.3, -0.25) is 0 Å². The quantitative estimate of drug-likeness (QED) is 0.863. The zero-order valence-electron chi connectivity index (χ0n) is 11.4. The maximum atomic E-state index is 11.5. The summed E-state index contributed by atoms with van der Waals surface area (Å²) in [6.45, 7) is 4.38. The van der Waals surface area contributed by atoms with Gasteiger partial charge in [-0.1, -0.05) is 38.8 Å². The van der Waals surface area contributed by atoms with Gasteiger partial charge < -0.3 is 5.73 Å². The van der Waals surface area contributed by atoms with E-state index in [2.05, 4.69) is 13.8 Å². The predicted octanol–water partition coefficient (Wildman–Crippen LogP) is 2.92. The fourth-order valence-electron chi connectivity index (χ4n) is 1.89. The van der Waals surface area contributed by atoms with Crippen molar-refractivity contribution in [3.63, 3.8) is 0 Å². The Morgan fingerprint density at radius 2 is 1.89 bits per heavy atom. The number of benzene rings is 1. The van der Waals surface area contributed by atoms with E-state index in [4.69, 9.17) is 5.73 Å². The van der Waals surface area contributed by atoms with Crippen molar-refractivity contribution in [2.24, 2.45) is 11.7 Å². The van der Waals surface area contributed by atoms with Crippen LogP contribution in [0.3, 0.4) is 0 Å². The molecule has 0 aliphatic carbocycles. The van der Waals surface area contributed by atoms with Crippen LogP contribution < -0.4 is 5.73 Å². The third-order valence-corrected chi connectivity index (χ3v) is 4.12. The van der Waals surface area contributed by atoms with E-state index in [0.29, 0.717) is 10.8 Å². The molecule has 18 heavy (non-hydrogen) atoms. The van der Waals surface area contributed by atoms with E-state index in [0.717, 1.165) is 24.8 Å². The Bertz CT molecular complexity index is 480. The first-order valence-electron chi connectivity index (χ1n) is 6.36. The Kier molecular flexibility index (Phi) is 5.35. The van der Waals surface area contributed by atoms with E-state index in [-0.39, 0.29) is 6.04 Å². The van der Waals surface area contributed by atoms with Crippen LogP contribution in [0.5, 0.6) is 0 Å². The van der Waals surface area contributed by atoms with Crippen LogP contribution in [0, 0.1) is 5.92 Å². The van der Waals surface area contributed by atoms with Crippen molar-refractivity contribution in [1.82, 2.24) is 0 Å². The molecule has 0 fully saturated rings. The molecule has 0 aromatic heterocycles. The summed E-state index contributed by atoms with van der Waals surface area (Å²) < 4.78 is 22.9. The highest BCUT2D eigenvalue weighted by Crippen LogP contribution is 2.21. The summed E-state index contributed by atoms with van der Waals surface area (Å²) >= 11 is 0. The van der Waals surface area contributed by atoms with E-state index < -0.39 is 9.84 Å². The summed E-state index contributed by atoms with van der Waals surface area (Å²) in [5.41, 5.74) is 7.00. The Labute approximate surface area is 110 Å². The van der Waals surface area contributed by atoms with Gasteiger partial charge in [-0.05, 0) is 30.0 Å². The fraction of sp³-hybridized carbons (Fsp3) is 0.571. The van der Waals surface area contributed by atoms with Crippen molar-refractivity contribution in [2.75, 3.05) is 6.26 Å². The molecule has 1 atom stereocenters. The molecule has 1 rings (SSSR count). The van der Waals surface area contributed by atoms with Crippen LogP contribution in [0.2, 0.25) is 0 Å². The molecule has 0 aliphatic rings. The number of hydrogen-bond acceptors (Lipinski definition) is 3. The molecule has 0 aliphatic heterocycles. The molecule has 4 heteroatoms. The van der Waals surface area contributed by atoms with E-state index in [1.54, 1.807) is 18.2 Å². The first-order chi connectivity index (χ1) is 8.30. The Morgan fingerprint density at radius 1 is 1.22 bits per heavy atom. The summed E-state index contributed by atoms with van der Waals surface area (Å²) in [5, 5.41) is 0. The minimum atomic E-state index is -3.15. The summed E-state index contributed by atoms with van der Waals surface area (Å²) in [4.78, 5) is 0.347. The molecule has 1 unspecified atom stereocenters. The van der Waals surface area contributed by atoms with Gasteiger partial charge in [0.15, 0.2) is 9.84 Å². The summed E-state index contributed by atoms with van der Waals surface area (Å²) in [6, 6.07) is 6.88. The lowest BCUT2D eigenvalue weighted by Gasteiger charge is -2.13. The molecular weight excluding hydrogens is 246 g/mol. The standard InChI is InChI=1S/C14H23NO2S/c1-11(2)6-4-9-14(15)12-7-5-8-13(10-12)18(3,16)17/h5,7-8,10-11,14H,4,6,9,15H2,1-3H3. The van der Waals surface area contributed by atoms with Crippen molar-refractivity contribution in [3.05, 3.63) is 29.8 Å². The van der Waals surface area contributed by atoms with E-state index in [1.165, 1.54) is 6.26 Å². The third kappa shape index (κ3) is 4.78. The second kappa shape index (κ2) is 6.34. The van der Waals surface area contributed by atoms with Gasteiger partial charge in [0.1, 0.15) is 0 Å². The molecule has 0 heterocycles. The predicted molar refractivity (Wildman–Crippen MR) is 75.2 cm³/mol. The van der Waals surface area contributed by atoms with Crippen LogP contribution in [0.15, 0.2) is 29.2 Å². The van der Waals surface area contributed by atoms with Gasteiger partial charge in [0.25, 0.3) is 0 Å². The Morgan fingerprint density at radius 3 is 2.44 bits per heavy atom. The van der Waals surface area contributed by atoms with Crippen molar-refractivity contribution in [3.8, 4) is 0 Å². The number of rotatable bonds is 6. The Hall–Kier alpha value is -0.870. The lowest BCUT2D eigenvalue weighted by Crippen LogP contribution is -2.11. The lowest BCUT2D eigenvalue weighted by molar-refractivity contribution is 0.505. The van der Waals surface area contributed by atoms with Gasteiger partial charge in [0.2, 0.25) is 0 Å². The van der Waals surface area contributed by atoms with Gasteiger partial charge in [0, 0.05) is 12.3 Å². The van der Waals surface area contributed by atoms with Crippen LogP contribution in [0.4, 0.5) is 0 Å². The first-order valence-corrected chi connectivity index (χ1v) is 8.25. The molecule has 0 saturated carbocycles. The van der Waals surface area contributed by atoms with Crippen LogP contribution in [0.1, 0.15) is 44.7 Å². The van der Waals surface area contributed by atoms with Crippen molar-refractivity contribution < 1.29 is 8.42 Å². The molecule has 3 nitrogen and oxygen atoms in total.